The second-order valence-electron chi connectivity index (χ2n) is 7.43. The number of nitrogens with zero attached hydrogens (tertiary/aromatic N) is 1. The van der Waals surface area contributed by atoms with Crippen molar-refractivity contribution in [2.24, 2.45) is 11.8 Å². The van der Waals surface area contributed by atoms with Crippen molar-refractivity contribution in [1.82, 2.24) is 0 Å². The normalized spacial score (nSPS) is 10.4. The van der Waals surface area contributed by atoms with Crippen LogP contribution < -0.4 is 0 Å². The number of carbonyl (C=O) groups excluding carboxylic acids is 2. The molecule has 0 bridgehead atoms. The number of rotatable bonds is 7. The fourth-order valence-electron chi connectivity index (χ4n) is 2.68. The standard InChI is InChI=1S/C11H13ClO.C11H13NO3/c1-8(2)5-10-4-3-9(7-13)6-11(10)12;1-8(2)5-10-4-3-9(7-13)6-11(10)12(14)15/h3-4,6-8H,5H2,1-2H3;3-4,6-8H,5H2,1-2H3. The Morgan fingerprint density at radius 2 is 1.36 bits per heavy atom. The topological polar surface area (TPSA) is 77.3 Å². The Labute approximate surface area is 170 Å². The molecule has 2 rings (SSSR count). The number of aldehydes is 2. The first-order chi connectivity index (χ1) is 13.2. The zero-order valence-electron chi connectivity index (χ0n) is 16.6. The summed E-state index contributed by atoms with van der Waals surface area (Å²) in [5.41, 5.74) is 2.81. The zero-order valence-corrected chi connectivity index (χ0v) is 17.4. The molecule has 0 spiro atoms. The van der Waals surface area contributed by atoms with Crippen molar-refractivity contribution < 1.29 is 14.5 Å². The van der Waals surface area contributed by atoms with Gasteiger partial charge in [-0.15, -0.1) is 0 Å². The lowest BCUT2D eigenvalue weighted by Crippen LogP contribution is -2.00. The molecule has 0 saturated carbocycles. The number of benzene rings is 2. The van der Waals surface area contributed by atoms with Crippen molar-refractivity contribution in [2.75, 3.05) is 0 Å². The third kappa shape index (κ3) is 7.61. The van der Waals surface area contributed by atoms with E-state index in [-0.39, 0.29) is 5.69 Å². The third-order valence-corrected chi connectivity index (χ3v) is 4.26. The molecule has 5 nitrogen and oxygen atoms in total. The molecule has 0 N–H and O–H groups in total. The molecule has 6 heteroatoms. The fourth-order valence-corrected chi connectivity index (χ4v) is 2.94. The van der Waals surface area contributed by atoms with Crippen molar-refractivity contribution in [3.63, 3.8) is 0 Å². The fraction of sp³-hybridized carbons (Fsp3) is 0.364. The molecule has 0 saturated heterocycles. The maximum atomic E-state index is 10.8. The number of nitro benzene ring substituents is 1. The van der Waals surface area contributed by atoms with Crippen LogP contribution in [0.5, 0.6) is 0 Å². The molecule has 150 valence electrons. The summed E-state index contributed by atoms with van der Waals surface area (Å²) in [7, 11) is 0. The summed E-state index contributed by atoms with van der Waals surface area (Å²) in [6, 6.07) is 10.0. The lowest BCUT2D eigenvalue weighted by atomic mass is 10.00. The maximum Gasteiger partial charge on any atom is 0.273 e. The molecule has 0 amide bonds. The SMILES string of the molecule is CC(C)Cc1ccc(C=O)cc1Cl.CC(C)Cc1ccc(C=O)cc1[N+](=O)[O-]. The van der Waals surface area contributed by atoms with Gasteiger partial charge in [-0.2, -0.15) is 0 Å². The van der Waals surface area contributed by atoms with Gasteiger partial charge in [0.25, 0.3) is 5.69 Å². The van der Waals surface area contributed by atoms with Crippen LogP contribution in [0.25, 0.3) is 0 Å². The largest absolute Gasteiger partial charge is 0.298 e. The Hall–Kier alpha value is -2.53. The van der Waals surface area contributed by atoms with Gasteiger partial charge in [0.2, 0.25) is 0 Å². The first kappa shape index (κ1) is 23.5. The number of nitro groups is 1. The Morgan fingerprint density at radius 1 is 0.893 bits per heavy atom. The predicted octanol–water partition coefficient (Wildman–Crippen LogP) is 5.96. The molecule has 2 aromatic carbocycles. The van der Waals surface area contributed by atoms with Crippen LogP contribution in [0.2, 0.25) is 5.02 Å². The van der Waals surface area contributed by atoms with Crippen LogP contribution in [-0.2, 0) is 12.8 Å². The van der Waals surface area contributed by atoms with E-state index in [1.54, 1.807) is 24.3 Å². The van der Waals surface area contributed by atoms with Crippen molar-refractivity contribution in [3.05, 3.63) is 73.8 Å². The van der Waals surface area contributed by atoms with Crippen molar-refractivity contribution in [2.45, 2.75) is 40.5 Å². The first-order valence-electron chi connectivity index (χ1n) is 9.14. The van der Waals surface area contributed by atoms with E-state index in [1.165, 1.54) is 6.07 Å². The second kappa shape index (κ2) is 11.3. The lowest BCUT2D eigenvalue weighted by Gasteiger charge is -2.07. The smallest absolute Gasteiger partial charge is 0.273 e. The molecule has 0 heterocycles. The third-order valence-electron chi connectivity index (χ3n) is 3.91. The summed E-state index contributed by atoms with van der Waals surface area (Å²) in [4.78, 5) is 31.2. The van der Waals surface area contributed by atoms with Gasteiger partial charge < -0.3 is 0 Å². The summed E-state index contributed by atoms with van der Waals surface area (Å²) >= 11 is 5.99. The van der Waals surface area contributed by atoms with Gasteiger partial charge >= 0.3 is 0 Å². The molecule has 0 radical (unpaired) electrons. The summed E-state index contributed by atoms with van der Waals surface area (Å²) in [6.45, 7) is 8.28. The van der Waals surface area contributed by atoms with E-state index in [2.05, 4.69) is 13.8 Å². The predicted molar refractivity (Wildman–Crippen MR) is 112 cm³/mol. The molecular formula is C22H26ClNO4. The van der Waals surface area contributed by atoms with Crippen LogP contribution in [0.4, 0.5) is 5.69 Å². The highest BCUT2D eigenvalue weighted by atomic mass is 35.5. The molecular weight excluding hydrogens is 378 g/mol. The molecule has 0 fully saturated rings. The molecule has 28 heavy (non-hydrogen) atoms. The van der Waals surface area contributed by atoms with Crippen LogP contribution in [0.15, 0.2) is 36.4 Å². The van der Waals surface area contributed by atoms with Gasteiger partial charge in [-0.3, -0.25) is 19.7 Å². The maximum absolute atomic E-state index is 10.8. The van der Waals surface area contributed by atoms with Gasteiger partial charge in [-0.05, 0) is 36.3 Å². The Kier molecular flexibility index (Phi) is 9.52. The number of carbonyl (C=O) groups is 2. The second-order valence-corrected chi connectivity index (χ2v) is 7.83. The molecule has 0 unspecified atom stereocenters. The number of halogens is 1. The highest BCUT2D eigenvalue weighted by Crippen LogP contribution is 2.22. The monoisotopic (exact) mass is 403 g/mol. The lowest BCUT2D eigenvalue weighted by molar-refractivity contribution is -0.385. The minimum Gasteiger partial charge on any atom is -0.298 e. The highest BCUT2D eigenvalue weighted by Gasteiger charge is 2.15. The molecule has 0 atom stereocenters. The van der Waals surface area contributed by atoms with E-state index >= 15 is 0 Å². The van der Waals surface area contributed by atoms with E-state index in [4.69, 9.17) is 11.6 Å². The quantitative estimate of drug-likeness (QED) is 0.324. The highest BCUT2D eigenvalue weighted by molar-refractivity contribution is 6.31. The zero-order chi connectivity index (χ0) is 21.3. The van der Waals surface area contributed by atoms with E-state index < -0.39 is 4.92 Å². The summed E-state index contributed by atoms with van der Waals surface area (Å²) in [5, 5.41) is 11.5. The van der Waals surface area contributed by atoms with Gasteiger partial charge in [0.1, 0.15) is 12.6 Å². The average Bonchev–Trinajstić information content (AvgIpc) is 2.63. The van der Waals surface area contributed by atoms with Crippen molar-refractivity contribution >= 4 is 29.9 Å². The van der Waals surface area contributed by atoms with E-state index in [1.807, 2.05) is 19.9 Å². The van der Waals surface area contributed by atoms with Gasteiger partial charge in [-0.1, -0.05) is 63.6 Å². The van der Waals surface area contributed by atoms with Crippen LogP contribution >= 0.6 is 11.6 Å². The van der Waals surface area contributed by atoms with Gasteiger partial charge in [0.15, 0.2) is 0 Å². The Bertz CT molecular complexity index is 831. The van der Waals surface area contributed by atoms with Gasteiger partial charge in [-0.25, -0.2) is 0 Å². The van der Waals surface area contributed by atoms with Crippen molar-refractivity contribution in [1.29, 1.82) is 0 Å². The molecule has 0 aliphatic heterocycles. The minimum absolute atomic E-state index is 0.0355. The van der Waals surface area contributed by atoms with E-state index in [0.717, 1.165) is 18.3 Å². The molecule has 0 aliphatic rings. The van der Waals surface area contributed by atoms with Crippen LogP contribution in [0.1, 0.15) is 59.5 Å². The Morgan fingerprint density at radius 3 is 1.79 bits per heavy atom. The molecule has 2 aromatic rings. The first-order valence-corrected chi connectivity index (χ1v) is 9.51. The van der Waals surface area contributed by atoms with Crippen LogP contribution in [-0.4, -0.2) is 17.5 Å². The molecule has 0 aromatic heterocycles. The minimum atomic E-state index is -0.440. The Balaban J connectivity index is 0.000000283. The van der Waals surface area contributed by atoms with Gasteiger partial charge in [0.05, 0.1) is 4.92 Å². The summed E-state index contributed by atoms with van der Waals surface area (Å²) < 4.78 is 0. The average molecular weight is 404 g/mol. The number of hydrogen-bond donors (Lipinski definition) is 0. The summed E-state index contributed by atoms with van der Waals surface area (Å²) in [6.07, 6.45) is 3.03. The van der Waals surface area contributed by atoms with Crippen LogP contribution in [0.3, 0.4) is 0 Å². The van der Waals surface area contributed by atoms with Gasteiger partial charge in [0, 0.05) is 27.8 Å². The van der Waals surface area contributed by atoms with E-state index in [0.29, 0.717) is 46.3 Å². The summed E-state index contributed by atoms with van der Waals surface area (Å²) in [5.74, 6) is 0.936. The number of hydrogen-bond acceptors (Lipinski definition) is 4. The van der Waals surface area contributed by atoms with Crippen LogP contribution in [0, 0.1) is 22.0 Å². The van der Waals surface area contributed by atoms with Crippen molar-refractivity contribution in [3.8, 4) is 0 Å². The van der Waals surface area contributed by atoms with E-state index in [9.17, 15) is 19.7 Å². The molecule has 0 aliphatic carbocycles.